The molecule has 1 heterocycles. The molecule has 3 N–H and O–H groups in total. The maximum absolute atomic E-state index is 12.1. The van der Waals surface area contributed by atoms with Crippen molar-refractivity contribution in [2.45, 2.75) is 20.3 Å². The molecule has 0 saturated carbocycles. The van der Waals surface area contributed by atoms with Crippen molar-refractivity contribution in [3.8, 4) is 5.75 Å². The van der Waals surface area contributed by atoms with Gasteiger partial charge in [-0.05, 0) is 38.0 Å². The van der Waals surface area contributed by atoms with Gasteiger partial charge in [0, 0.05) is 18.3 Å². The number of fused-ring (bicyclic) bond motifs is 1. The zero-order chi connectivity index (χ0) is 18.6. The van der Waals surface area contributed by atoms with Crippen molar-refractivity contribution >= 4 is 23.3 Å². The number of hydrogen-bond acceptors (Lipinski definition) is 3. The molecule has 1 aliphatic rings. The van der Waals surface area contributed by atoms with Crippen LogP contribution in [-0.2, 0) is 11.2 Å². The molecule has 6 nitrogen and oxygen atoms in total. The molecule has 26 heavy (non-hydrogen) atoms. The quantitative estimate of drug-likeness (QED) is 0.788. The topological polar surface area (TPSA) is 79.5 Å². The summed E-state index contributed by atoms with van der Waals surface area (Å²) in [6, 6.07) is 14.9. The Hall–Kier alpha value is -3.02. The number of carbonyl (C=O) groups excluding carboxylic acids is 2. The van der Waals surface area contributed by atoms with Gasteiger partial charge in [-0.3, -0.25) is 4.79 Å². The summed E-state index contributed by atoms with van der Waals surface area (Å²) in [6.07, 6.45) is 0.767. The fourth-order valence-electron chi connectivity index (χ4n) is 2.58. The first-order valence-electron chi connectivity index (χ1n) is 8.61. The monoisotopic (exact) mass is 353 g/mol. The molecule has 0 saturated heterocycles. The van der Waals surface area contributed by atoms with E-state index in [9.17, 15) is 9.59 Å². The fourth-order valence-corrected chi connectivity index (χ4v) is 2.58. The van der Waals surface area contributed by atoms with E-state index in [4.69, 9.17) is 4.74 Å². The van der Waals surface area contributed by atoms with Crippen LogP contribution >= 0.6 is 0 Å². The summed E-state index contributed by atoms with van der Waals surface area (Å²) in [5.41, 5.74) is 1.77. The van der Waals surface area contributed by atoms with Gasteiger partial charge in [0.05, 0.1) is 11.1 Å². The van der Waals surface area contributed by atoms with Crippen molar-refractivity contribution in [3.63, 3.8) is 0 Å². The Kier molecular flexibility index (Phi) is 5.11. The van der Waals surface area contributed by atoms with Crippen molar-refractivity contribution in [1.29, 1.82) is 0 Å². The Balaban J connectivity index is 1.56. The van der Waals surface area contributed by atoms with Crippen LogP contribution in [0.5, 0.6) is 5.75 Å². The first-order valence-corrected chi connectivity index (χ1v) is 8.61. The van der Waals surface area contributed by atoms with Gasteiger partial charge in [0.1, 0.15) is 12.4 Å². The number of hydrogen-bond donors (Lipinski definition) is 3. The average molecular weight is 353 g/mol. The smallest absolute Gasteiger partial charge is 0.319 e. The van der Waals surface area contributed by atoms with Crippen molar-refractivity contribution < 1.29 is 14.3 Å². The van der Waals surface area contributed by atoms with Crippen LogP contribution in [0.1, 0.15) is 19.4 Å². The lowest BCUT2D eigenvalue weighted by Gasteiger charge is -2.18. The highest BCUT2D eigenvalue weighted by molar-refractivity contribution is 5.97. The minimum absolute atomic E-state index is 0.0874. The van der Waals surface area contributed by atoms with Crippen molar-refractivity contribution in [2.24, 2.45) is 5.41 Å². The molecule has 0 aromatic heterocycles. The predicted molar refractivity (Wildman–Crippen MR) is 102 cm³/mol. The maximum atomic E-state index is 12.1. The van der Waals surface area contributed by atoms with E-state index in [1.807, 2.05) is 44.2 Å². The van der Waals surface area contributed by atoms with Gasteiger partial charge in [0.2, 0.25) is 5.91 Å². The standard InChI is InChI=1S/C20H23N3O3/c1-20(2)13-26-17-12-15(8-9-16(17)23-18(20)24)22-19(25)21-11-10-14-6-4-3-5-7-14/h3-9,12H,10-11,13H2,1-2H3,(H,23,24)(H2,21,22,25). The Morgan fingerprint density at radius 3 is 2.73 bits per heavy atom. The molecule has 0 spiro atoms. The largest absolute Gasteiger partial charge is 0.490 e. The summed E-state index contributed by atoms with van der Waals surface area (Å²) >= 11 is 0. The molecule has 2 aromatic carbocycles. The second-order valence-electron chi connectivity index (χ2n) is 6.95. The van der Waals surface area contributed by atoms with Gasteiger partial charge in [-0.15, -0.1) is 0 Å². The van der Waals surface area contributed by atoms with Crippen LogP contribution in [-0.4, -0.2) is 25.1 Å². The van der Waals surface area contributed by atoms with Gasteiger partial charge in [-0.2, -0.15) is 0 Å². The molecule has 6 heteroatoms. The molecule has 0 bridgehead atoms. The SMILES string of the molecule is CC1(C)COc2cc(NC(=O)NCCc3ccccc3)ccc2NC1=O. The summed E-state index contributed by atoms with van der Waals surface area (Å²) in [4.78, 5) is 24.2. The number of ether oxygens (including phenoxy) is 1. The summed E-state index contributed by atoms with van der Waals surface area (Å²) in [7, 11) is 0. The zero-order valence-corrected chi connectivity index (χ0v) is 15.0. The van der Waals surface area contributed by atoms with Crippen LogP contribution in [0.15, 0.2) is 48.5 Å². The van der Waals surface area contributed by atoms with Crippen LogP contribution < -0.4 is 20.7 Å². The Morgan fingerprint density at radius 1 is 1.19 bits per heavy atom. The van der Waals surface area contributed by atoms with Gasteiger partial charge in [-0.25, -0.2) is 4.79 Å². The minimum Gasteiger partial charge on any atom is -0.490 e. The van der Waals surface area contributed by atoms with Crippen molar-refractivity contribution in [1.82, 2.24) is 5.32 Å². The Bertz CT molecular complexity index is 803. The van der Waals surface area contributed by atoms with Gasteiger partial charge < -0.3 is 20.7 Å². The number of amides is 3. The molecule has 0 atom stereocenters. The lowest BCUT2D eigenvalue weighted by atomic mass is 9.94. The zero-order valence-electron chi connectivity index (χ0n) is 15.0. The predicted octanol–water partition coefficient (Wildman–Crippen LogP) is 3.41. The molecule has 0 unspecified atom stereocenters. The molecule has 0 radical (unpaired) electrons. The summed E-state index contributed by atoms with van der Waals surface area (Å²) in [5.74, 6) is 0.460. The summed E-state index contributed by atoms with van der Waals surface area (Å²) < 4.78 is 5.74. The second kappa shape index (κ2) is 7.47. The fraction of sp³-hybridized carbons (Fsp3) is 0.300. The first-order chi connectivity index (χ1) is 12.4. The summed E-state index contributed by atoms with van der Waals surface area (Å²) in [5, 5.41) is 8.47. The molecule has 3 rings (SSSR count). The molecule has 1 aliphatic heterocycles. The van der Waals surface area contributed by atoms with E-state index < -0.39 is 5.41 Å². The molecule has 3 amide bonds. The van der Waals surface area contributed by atoms with Gasteiger partial charge in [0.15, 0.2) is 0 Å². The maximum Gasteiger partial charge on any atom is 0.319 e. The number of carbonyl (C=O) groups is 2. The lowest BCUT2D eigenvalue weighted by Crippen LogP contribution is -2.33. The van der Waals surface area contributed by atoms with E-state index in [-0.39, 0.29) is 18.5 Å². The van der Waals surface area contributed by atoms with E-state index in [0.717, 1.165) is 6.42 Å². The third kappa shape index (κ3) is 4.33. The van der Waals surface area contributed by atoms with E-state index in [1.165, 1.54) is 5.56 Å². The van der Waals surface area contributed by atoms with E-state index in [0.29, 0.717) is 23.7 Å². The molecular formula is C20H23N3O3. The van der Waals surface area contributed by atoms with Crippen LogP contribution in [0.3, 0.4) is 0 Å². The third-order valence-electron chi connectivity index (χ3n) is 4.23. The van der Waals surface area contributed by atoms with E-state index >= 15 is 0 Å². The van der Waals surface area contributed by atoms with E-state index in [2.05, 4.69) is 16.0 Å². The van der Waals surface area contributed by atoms with Gasteiger partial charge in [-0.1, -0.05) is 30.3 Å². The normalized spacial score (nSPS) is 15.1. The number of urea groups is 1. The number of rotatable bonds is 4. The highest BCUT2D eigenvalue weighted by Gasteiger charge is 2.32. The Morgan fingerprint density at radius 2 is 1.96 bits per heavy atom. The van der Waals surface area contributed by atoms with Crippen LogP contribution in [0.2, 0.25) is 0 Å². The van der Waals surface area contributed by atoms with Crippen molar-refractivity contribution in [2.75, 3.05) is 23.8 Å². The first kappa shape index (κ1) is 17.8. The van der Waals surface area contributed by atoms with Crippen LogP contribution in [0.25, 0.3) is 0 Å². The lowest BCUT2D eigenvalue weighted by molar-refractivity contribution is -0.124. The average Bonchev–Trinajstić information content (AvgIpc) is 2.73. The molecule has 0 fully saturated rings. The number of benzene rings is 2. The molecule has 0 aliphatic carbocycles. The highest BCUT2D eigenvalue weighted by atomic mass is 16.5. The molecule has 136 valence electrons. The van der Waals surface area contributed by atoms with Crippen molar-refractivity contribution in [3.05, 3.63) is 54.1 Å². The summed E-state index contributed by atoms with van der Waals surface area (Å²) in [6.45, 7) is 4.47. The van der Waals surface area contributed by atoms with Crippen LogP contribution in [0, 0.1) is 5.41 Å². The third-order valence-corrected chi connectivity index (χ3v) is 4.23. The second-order valence-corrected chi connectivity index (χ2v) is 6.95. The van der Waals surface area contributed by atoms with Crippen LogP contribution in [0.4, 0.5) is 16.2 Å². The molecule has 2 aromatic rings. The molecular weight excluding hydrogens is 330 g/mol. The highest BCUT2D eigenvalue weighted by Crippen LogP contribution is 2.34. The minimum atomic E-state index is -0.610. The van der Waals surface area contributed by atoms with E-state index in [1.54, 1.807) is 18.2 Å². The van der Waals surface area contributed by atoms with Gasteiger partial charge in [0.25, 0.3) is 0 Å². The number of anilines is 2. The van der Waals surface area contributed by atoms with Gasteiger partial charge >= 0.3 is 6.03 Å². The number of nitrogens with one attached hydrogen (secondary N) is 3. The Labute approximate surface area is 152 Å².